The number of fused-ring (bicyclic) bond motifs is 1. The summed E-state index contributed by atoms with van der Waals surface area (Å²) in [6, 6.07) is 8.10. The molecule has 132 valence electrons. The number of carbonyl (C=O) groups is 2. The molecule has 2 fully saturated rings. The molecule has 0 unspecified atom stereocenters. The van der Waals surface area contributed by atoms with E-state index < -0.39 is 0 Å². The van der Waals surface area contributed by atoms with Crippen molar-refractivity contribution >= 4 is 34.3 Å². The van der Waals surface area contributed by atoms with Crippen molar-refractivity contribution in [3.63, 3.8) is 0 Å². The Morgan fingerprint density at radius 3 is 2.60 bits per heavy atom. The number of piperidine rings is 1. The molecule has 1 N–H and O–H groups in total. The average Bonchev–Trinajstić information content (AvgIpc) is 3.35. The first kappa shape index (κ1) is 16.5. The second-order valence-corrected chi connectivity index (χ2v) is 7.52. The monoisotopic (exact) mass is 359 g/mol. The number of nitrogens with zero attached hydrogens (tertiary/aromatic N) is 2. The topological polar surface area (TPSA) is 54.3 Å². The number of nitrogens with one attached hydrogen (secondary N) is 1. The van der Waals surface area contributed by atoms with E-state index in [1.807, 2.05) is 39.9 Å². The number of carbonyl (C=O) groups excluding carboxylic acids is 2. The van der Waals surface area contributed by atoms with Crippen molar-refractivity contribution < 1.29 is 9.59 Å². The van der Waals surface area contributed by atoms with Gasteiger partial charge in [0.25, 0.3) is 0 Å². The van der Waals surface area contributed by atoms with Crippen LogP contribution in [0.5, 0.6) is 0 Å². The van der Waals surface area contributed by atoms with Gasteiger partial charge in [0.05, 0.1) is 0 Å². The maximum absolute atomic E-state index is 12.6. The molecule has 2 heterocycles. The molecule has 0 radical (unpaired) electrons. The first-order chi connectivity index (χ1) is 12.1. The highest BCUT2D eigenvalue weighted by molar-refractivity contribution is 6.31. The lowest BCUT2D eigenvalue weighted by atomic mass is 9.96. The predicted octanol–water partition coefficient (Wildman–Crippen LogP) is 2.81. The van der Waals surface area contributed by atoms with Crippen molar-refractivity contribution in [2.45, 2.75) is 38.3 Å². The zero-order valence-electron chi connectivity index (χ0n) is 14.1. The second kappa shape index (κ2) is 6.71. The molecule has 2 aromatic rings. The van der Waals surface area contributed by atoms with Crippen LogP contribution >= 0.6 is 11.6 Å². The summed E-state index contributed by atoms with van der Waals surface area (Å²) in [4.78, 5) is 26.6. The van der Waals surface area contributed by atoms with E-state index in [2.05, 4.69) is 5.32 Å². The van der Waals surface area contributed by atoms with E-state index in [9.17, 15) is 9.59 Å². The van der Waals surface area contributed by atoms with Crippen molar-refractivity contribution in [3.8, 4) is 0 Å². The number of aromatic nitrogens is 1. The van der Waals surface area contributed by atoms with Crippen molar-refractivity contribution in [3.05, 3.63) is 35.5 Å². The Bertz CT molecular complexity index is 804. The van der Waals surface area contributed by atoms with Crippen LogP contribution < -0.4 is 5.32 Å². The molecule has 1 aliphatic heterocycles. The van der Waals surface area contributed by atoms with Gasteiger partial charge in [-0.25, -0.2) is 0 Å². The van der Waals surface area contributed by atoms with Crippen LogP contribution in [0.2, 0.25) is 5.02 Å². The van der Waals surface area contributed by atoms with E-state index in [1.165, 1.54) is 0 Å². The molecule has 0 spiro atoms. The van der Waals surface area contributed by atoms with Crippen LogP contribution in [-0.4, -0.2) is 40.4 Å². The fourth-order valence-electron chi connectivity index (χ4n) is 3.48. The highest BCUT2D eigenvalue weighted by Crippen LogP contribution is 2.24. The van der Waals surface area contributed by atoms with Gasteiger partial charge in [-0.15, -0.1) is 0 Å². The molecule has 6 heteroatoms. The summed E-state index contributed by atoms with van der Waals surface area (Å²) >= 11 is 6.07. The number of hydrogen-bond acceptors (Lipinski definition) is 2. The zero-order chi connectivity index (χ0) is 17.4. The van der Waals surface area contributed by atoms with Gasteiger partial charge in [-0.3, -0.25) is 9.59 Å². The summed E-state index contributed by atoms with van der Waals surface area (Å²) < 4.78 is 1.94. The molecule has 25 heavy (non-hydrogen) atoms. The van der Waals surface area contributed by atoms with Gasteiger partial charge in [0.2, 0.25) is 11.8 Å². The number of likely N-dealkylation sites (tertiary alicyclic amines) is 1. The Balaban J connectivity index is 1.35. The van der Waals surface area contributed by atoms with Crippen LogP contribution in [0.1, 0.15) is 25.7 Å². The lowest BCUT2D eigenvalue weighted by Crippen LogP contribution is -2.44. The minimum Gasteiger partial charge on any atom is -0.353 e. The Morgan fingerprint density at radius 1 is 1.12 bits per heavy atom. The van der Waals surface area contributed by atoms with Gasteiger partial charge in [0.1, 0.15) is 6.54 Å². The number of benzene rings is 1. The van der Waals surface area contributed by atoms with E-state index in [1.54, 1.807) is 0 Å². The maximum atomic E-state index is 12.6. The third-order valence-corrected chi connectivity index (χ3v) is 5.42. The normalized spacial score (nSPS) is 18.5. The molecule has 1 saturated heterocycles. The Hall–Kier alpha value is -2.01. The zero-order valence-corrected chi connectivity index (χ0v) is 14.8. The molecule has 4 rings (SSSR count). The van der Waals surface area contributed by atoms with Crippen LogP contribution in [0.3, 0.4) is 0 Å². The molecule has 1 saturated carbocycles. The molecule has 2 aliphatic rings. The number of halogens is 1. The minimum atomic E-state index is 0.0517. The summed E-state index contributed by atoms with van der Waals surface area (Å²) in [7, 11) is 0. The van der Waals surface area contributed by atoms with Crippen LogP contribution in [0, 0.1) is 5.92 Å². The molecule has 1 aromatic heterocycles. The summed E-state index contributed by atoms with van der Waals surface area (Å²) in [6.45, 7) is 1.62. The first-order valence-corrected chi connectivity index (χ1v) is 9.30. The first-order valence-electron chi connectivity index (χ1n) is 8.93. The molecule has 2 amide bonds. The SMILES string of the molecule is O=C(NC1CC1)C1CCN(C(=O)Cn2ccc3ccc(Cl)cc32)CC1. The minimum absolute atomic E-state index is 0.0517. The second-order valence-electron chi connectivity index (χ2n) is 7.08. The van der Waals surface area contributed by atoms with E-state index in [4.69, 9.17) is 11.6 Å². The predicted molar refractivity (Wildman–Crippen MR) is 97.4 cm³/mol. The lowest BCUT2D eigenvalue weighted by molar-refractivity contribution is -0.136. The number of hydrogen-bond donors (Lipinski definition) is 1. The Morgan fingerprint density at radius 2 is 1.88 bits per heavy atom. The van der Waals surface area contributed by atoms with Gasteiger partial charge in [0.15, 0.2) is 0 Å². The van der Waals surface area contributed by atoms with E-state index in [0.29, 0.717) is 30.7 Å². The van der Waals surface area contributed by atoms with Gasteiger partial charge in [-0.1, -0.05) is 17.7 Å². The third-order valence-electron chi connectivity index (χ3n) is 5.18. The van der Waals surface area contributed by atoms with Gasteiger partial charge in [-0.05, 0) is 49.3 Å². The standard InChI is InChI=1S/C19H22ClN3O2/c20-15-2-1-13-5-10-23(17(13)11-15)12-18(24)22-8-6-14(7-9-22)19(25)21-16-3-4-16/h1-2,5,10-11,14,16H,3-4,6-9,12H2,(H,21,25). The van der Waals surface area contributed by atoms with Crippen molar-refractivity contribution in [2.75, 3.05) is 13.1 Å². The average molecular weight is 360 g/mol. The quantitative estimate of drug-likeness (QED) is 0.912. The Labute approximate surface area is 151 Å². The highest BCUT2D eigenvalue weighted by Gasteiger charge is 2.31. The molecule has 5 nitrogen and oxygen atoms in total. The van der Waals surface area contributed by atoms with Gasteiger partial charge in [0, 0.05) is 41.8 Å². The largest absolute Gasteiger partial charge is 0.353 e. The van der Waals surface area contributed by atoms with Gasteiger partial charge < -0.3 is 14.8 Å². The molecular formula is C19H22ClN3O2. The summed E-state index contributed by atoms with van der Waals surface area (Å²) in [6.07, 6.45) is 5.65. The lowest BCUT2D eigenvalue weighted by Gasteiger charge is -2.31. The van der Waals surface area contributed by atoms with Gasteiger partial charge in [-0.2, -0.15) is 0 Å². The Kier molecular flexibility index (Phi) is 4.42. The molecular weight excluding hydrogens is 338 g/mol. The maximum Gasteiger partial charge on any atom is 0.242 e. The van der Waals surface area contributed by atoms with Crippen LogP contribution in [0.4, 0.5) is 0 Å². The summed E-state index contributed by atoms with van der Waals surface area (Å²) in [5.41, 5.74) is 0.972. The summed E-state index contributed by atoms with van der Waals surface area (Å²) in [5, 5.41) is 4.82. The molecule has 0 bridgehead atoms. The van der Waals surface area contributed by atoms with Crippen LogP contribution in [0.15, 0.2) is 30.5 Å². The number of amides is 2. The summed E-state index contributed by atoms with van der Waals surface area (Å²) in [5.74, 6) is 0.315. The van der Waals surface area contributed by atoms with Gasteiger partial charge >= 0.3 is 0 Å². The highest BCUT2D eigenvalue weighted by atomic mass is 35.5. The number of rotatable bonds is 4. The molecule has 1 aromatic carbocycles. The third kappa shape index (κ3) is 3.66. The smallest absolute Gasteiger partial charge is 0.242 e. The van der Waals surface area contributed by atoms with E-state index >= 15 is 0 Å². The van der Waals surface area contributed by atoms with Crippen molar-refractivity contribution in [1.82, 2.24) is 14.8 Å². The fourth-order valence-corrected chi connectivity index (χ4v) is 3.64. The van der Waals surface area contributed by atoms with Crippen LogP contribution in [0.25, 0.3) is 10.9 Å². The molecule has 0 atom stereocenters. The van der Waals surface area contributed by atoms with Crippen LogP contribution in [-0.2, 0) is 16.1 Å². The van der Waals surface area contributed by atoms with E-state index in [-0.39, 0.29) is 17.7 Å². The van der Waals surface area contributed by atoms with Crippen molar-refractivity contribution in [2.24, 2.45) is 5.92 Å². The van der Waals surface area contributed by atoms with E-state index in [0.717, 1.165) is 36.6 Å². The molecule has 1 aliphatic carbocycles. The van der Waals surface area contributed by atoms with Crippen molar-refractivity contribution in [1.29, 1.82) is 0 Å². The fraction of sp³-hybridized carbons (Fsp3) is 0.474.